The molecule has 0 radical (unpaired) electrons. The number of carbonyl (C=O) groups excluding carboxylic acids is 3. The molecular formula is C21H26N4O4. The summed E-state index contributed by atoms with van der Waals surface area (Å²) >= 11 is 0. The lowest BCUT2D eigenvalue weighted by Crippen LogP contribution is -2.26. The molecule has 1 aromatic heterocycles. The molecule has 0 fully saturated rings. The lowest BCUT2D eigenvalue weighted by Gasteiger charge is -2.17. The van der Waals surface area contributed by atoms with Gasteiger partial charge in [0.05, 0.1) is 24.1 Å². The minimum atomic E-state index is -0.540. The van der Waals surface area contributed by atoms with E-state index in [0.717, 1.165) is 31.4 Å². The van der Waals surface area contributed by atoms with E-state index in [1.54, 1.807) is 24.3 Å². The number of carbonyl (C=O) groups is 3. The van der Waals surface area contributed by atoms with Crippen LogP contribution in [-0.2, 0) is 17.7 Å². The third kappa shape index (κ3) is 4.47. The molecule has 0 atom stereocenters. The Balaban J connectivity index is 1.88. The van der Waals surface area contributed by atoms with E-state index in [1.807, 2.05) is 4.57 Å². The van der Waals surface area contributed by atoms with E-state index in [1.165, 1.54) is 7.11 Å². The maximum atomic E-state index is 13.0. The number of aromatic nitrogens is 2. The van der Waals surface area contributed by atoms with Crippen molar-refractivity contribution in [1.82, 2.24) is 14.9 Å². The van der Waals surface area contributed by atoms with Crippen LogP contribution in [0.2, 0.25) is 0 Å². The summed E-state index contributed by atoms with van der Waals surface area (Å²) in [7, 11) is 1.29. The summed E-state index contributed by atoms with van der Waals surface area (Å²) in [5, 5.41) is 5.62. The molecule has 29 heavy (non-hydrogen) atoms. The number of fused-ring (bicyclic) bond motifs is 1. The van der Waals surface area contributed by atoms with Crippen LogP contribution in [0.25, 0.3) is 0 Å². The Morgan fingerprint density at radius 1 is 1.17 bits per heavy atom. The predicted octanol–water partition coefficient (Wildman–Crippen LogP) is 2.79. The van der Waals surface area contributed by atoms with Crippen LogP contribution in [0, 0.1) is 0 Å². The number of rotatable bonds is 7. The van der Waals surface area contributed by atoms with E-state index in [9.17, 15) is 14.4 Å². The average Bonchev–Trinajstić information content (AvgIpc) is 3.13. The third-order valence-corrected chi connectivity index (χ3v) is 4.93. The van der Waals surface area contributed by atoms with Gasteiger partial charge in [0.25, 0.3) is 11.8 Å². The highest BCUT2D eigenvalue weighted by molar-refractivity contribution is 6.07. The Hall–Kier alpha value is -3.16. The zero-order valence-corrected chi connectivity index (χ0v) is 16.8. The number of nitrogens with zero attached hydrogens (tertiary/aromatic N) is 2. The second-order valence-electron chi connectivity index (χ2n) is 6.94. The van der Waals surface area contributed by atoms with Crippen LogP contribution in [0.15, 0.2) is 24.3 Å². The van der Waals surface area contributed by atoms with Gasteiger partial charge in [-0.3, -0.25) is 9.59 Å². The van der Waals surface area contributed by atoms with Crippen LogP contribution in [0.4, 0.5) is 5.69 Å². The Bertz CT molecular complexity index is 919. The van der Waals surface area contributed by atoms with Crippen molar-refractivity contribution in [3.63, 3.8) is 0 Å². The van der Waals surface area contributed by atoms with Crippen molar-refractivity contribution in [3.8, 4) is 0 Å². The fraction of sp³-hybridized carbons (Fsp3) is 0.429. The van der Waals surface area contributed by atoms with E-state index in [2.05, 4.69) is 22.5 Å². The monoisotopic (exact) mass is 398 g/mol. The van der Waals surface area contributed by atoms with Crippen LogP contribution in [0.5, 0.6) is 0 Å². The Morgan fingerprint density at radius 3 is 2.72 bits per heavy atom. The molecule has 2 aromatic rings. The van der Waals surface area contributed by atoms with E-state index in [4.69, 9.17) is 4.74 Å². The lowest BCUT2D eigenvalue weighted by molar-refractivity contribution is 0.0601. The number of ether oxygens (including phenoxy) is 1. The highest BCUT2D eigenvalue weighted by Gasteiger charge is 2.28. The van der Waals surface area contributed by atoms with Crippen molar-refractivity contribution < 1.29 is 19.1 Å². The van der Waals surface area contributed by atoms with Gasteiger partial charge in [-0.25, -0.2) is 9.78 Å². The third-order valence-electron chi connectivity index (χ3n) is 4.93. The average molecular weight is 398 g/mol. The molecule has 3 rings (SSSR count). The fourth-order valence-electron chi connectivity index (χ4n) is 3.42. The predicted molar refractivity (Wildman–Crippen MR) is 108 cm³/mol. The summed E-state index contributed by atoms with van der Waals surface area (Å²) in [5.74, 6) is -1.07. The molecule has 154 valence electrons. The molecule has 1 aliphatic heterocycles. The van der Waals surface area contributed by atoms with Gasteiger partial charge in [0.15, 0.2) is 5.82 Å². The molecule has 8 nitrogen and oxygen atoms in total. The number of unbranched alkanes of at least 4 members (excludes halogenated alkanes) is 1. The summed E-state index contributed by atoms with van der Waals surface area (Å²) in [6, 6.07) is 6.62. The van der Waals surface area contributed by atoms with Crippen molar-refractivity contribution in [1.29, 1.82) is 0 Å². The van der Waals surface area contributed by atoms with Crippen molar-refractivity contribution in [2.45, 2.75) is 45.6 Å². The van der Waals surface area contributed by atoms with Gasteiger partial charge in [-0.1, -0.05) is 25.5 Å². The number of benzene rings is 1. The van der Waals surface area contributed by atoms with Crippen LogP contribution in [-0.4, -0.2) is 41.0 Å². The van der Waals surface area contributed by atoms with Gasteiger partial charge in [-0.2, -0.15) is 0 Å². The maximum absolute atomic E-state index is 13.0. The summed E-state index contributed by atoms with van der Waals surface area (Å²) in [4.78, 5) is 41.9. The number of nitrogens with one attached hydrogen (secondary N) is 2. The number of imidazole rings is 1. The molecule has 8 heteroatoms. The van der Waals surface area contributed by atoms with Gasteiger partial charge in [0, 0.05) is 13.1 Å². The minimum Gasteiger partial charge on any atom is -0.465 e. The molecule has 0 aliphatic carbocycles. The maximum Gasteiger partial charge on any atom is 0.339 e. The first kappa shape index (κ1) is 20.6. The highest BCUT2D eigenvalue weighted by atomic mass is 16.5. The molecule has 2 N–H and O–H groups in total. The van der Waals surface area contributed by atoms with E-state index in [-0.39, 0.29) is 17.3 Å². The zero-order valence-electron chi connectivity index (χ0n) is 16.8. The molecular weight excluding hydrogens is 372 g/mol. The van der Waals surface area contributed by atoms with Crippen molar-refractivity contribution in [2.24, 2.45) is 0 Å². The number of para-hydroxylation sites is 1. The topological polar surface area (TPSA) is 102 Å². The Morgan fingerprint density at radius 2 is 1.97 bits per heavy atom. The van der Waals surface area contributed by atoms with E-state index in [0.29, 0.717) is 30.9 Å². The quantitative estimate of drug-likeness (QED) is 0.552. The molecule has 2 amide bonds. The van der Waals surface area contributed by atoms with Crippen LogP contribution in [0.3, 0.4) is 0 Å². The van der Waals surface area contributed by atoms with E-state index >= 15 is 0 Å². The number of anilines is 1. The second-order valence-corrected chi connectivity index (χ2v) is 6.94. The summed E-state index contributed by atoms with van der Waals surface area (Å²) < 4.78 is 6.59. The first-order valence-corrected chi connectivity index (χ1v) is 9.93. The standard InChI is InChI=1S/C21H26N4O4/c1-3-4-12-22-19(26)17-16-11-7-8-13-25(16)18(24-17)20(27)23-15-10-6-5-9-14(15)21(28)29-2/h5-6,9-10H,3-4,7-8,11-13H2,1-2H3,(H,22,26)(H,23,27). The summed E-state index contributed by atoms with van der Waals surface area (Å²) in [6.45, 7) is 3.26. The van der Waals surface area contributed by atoms with Crippen molar-refractivity contribution in [3.05, 3.63) is 47.0 Å². The largest absolute Gasteiger partial charge is 0.465 e. The number of amides is 2. The highest BCUT2D eigenvalue weighted by Crippen LogP contribution is 2.23. The van der Waals surface area contributed by atoms with Gasteiger partial charge in [0.1, 0.15) is 5.69 Å². The van der Waals surface area contributed by atoms with Gasteiger partial charge in [-0.15, -0.1) is 0 Å². The summed E-state index contributed by atoms with van der Waals surface area (Å²) in [6.07, 6.45) is 4.44. The Kier molecular flexibility index (Phi) is 6.64. The fourth-order valence-corrected chi connectivity index (χ4v) is 3.42. The number of esters is 1. The second kappa shape index (κ2) is 9.36. The number of hydrogen-bond acceptors (Lipinski definition) is 5. The van der Waals surface area contributed by atoms with E-state index < -0.39 is 11.9 Å². The van der Waals surface area contributed by atoms with Crippen molar-refractivity contribution in [2.75, 3.05) is 19.0 Å². The summed E-state index contributed by atoms with van der Waals surface area (Å²) in [5.41, 5.74) is 1.70. The first-order valence-electron chi connectivity index (χ1n) is 9.93. The van der Waals surface area contributed by atoms with Crippen LogP contribution in [0.1, 0.15) is 69.8 Å². The SMILES string of the molecule is CCCCNC(=O)c1nc(C(=O)Nc2ccccc2C(=O)OC)n2c1CCCC2. The van der Waals surface area contributed by atoms with Crippen LogP contribution >= 0.6 is 0 Å². The normalized spacial score (nSPS) is 12.8. The molecule has 1 aliphatic rings. The lowest BCUT2D eigenvalue weighted by atomic mass is 10.1. The Labute approximate surface area is 169 Å². The molecule has 0 saturated heterocycles. The molecule has 0 saturated carbocycles. The zero-order chi connectivity index (χ0) is 20.8. The number of methoxy groups -OCH3 is 1. The molecule has 2 heterocycles. The van der Waals surface area contributed by atoms with Crippen molar-refractivity contribution >= 4 is 23.5 Å². The number of hydrogen-bond donors (Lipinski definition) is 2. The molecule has 0 unspecified atom stereocenters. The van der Waals surface area contributed by atoms with Gasteiger partial charge in [-0.05, 0) is 37.8 Å². The molecule has 0 spiro atoms. The van der Waals surface area contributed by atoms with Gasteiger partial charge < -0.3 is 19.9 Å². The van der Waals surface area contributed by atoms with Gasteiger partial charge >= 0.3 is 5.97 Å². The smallest absolute Gasteiger partial charge is 0.339 e. The first-order chi connectivity index (χ1) is 14.1. The van der Waals surface area contributed by atoms with Gasteiger partial charge in [0.2, 0.25) is 0 Å². The van der Waals surface area contributed by atoms with Crippen LogP contribution < -0.4 is 10.6 Å². The minimum absolute atomic E-state index is 0.181. The molecule has 0 bridgehead atoms. The molecule has 1 aromatic carbocycles.